The van der Waals surface area contributed by atoms with Crippen LogP contribution in [-0.4, -0.2) is 59.9 Å². The minimum atomic E-state index is -0.973. The zero-order chi connectivity index (χ0) is 18.6. The lowest BCUT2D eigenvalue weighted by Crippen LogP contribution is -2.53. The van der Waals surface area contributed by atoms with E-state index in [-0.39, 0.29) is 30.3 Å². The van der Waals surface area contributed by atoms with Crippen LogP contribution in [0.1, 0.15) is 31.2 Å². The Morgan fingerprint density at radius 3 is 2.77 bits per heavy atom. The zero-order valence-corrected chi connectivity index (χ0v) is 15.0. The number of carbonyl (C=O) groups is 2. The number of carboxylic acids is 1. The van der Waals surface area contributed by atoms with Crippen molar-refractivity contribution in [2.45, 2.75) is 43.4 Å². The van der Waals surface area contributed by atoms with Crippen molar-refractivity contribution in [1.29, 1.82) is 0 Å². The lowest BCUT2D eigenvalue weighted by atomic mass is 9.79. The van der Waals surface area contributed by atoms with Crippen LogP contribution in [-0.2, 0) is 19.1 Å². The monoisotopic (exact) mass is 359 g/mol. The molecular formula is C20H25NO5. The summed E-state index contributed by atoms with van der Waals surface area (Å²) >= 11 is 0. The lowest BCUT2D eigenvalue weighted by Gasteiger charge is -2.43. The zero-order valence-electron chi connectivity index (χ0n) is 15.0. The second-order valence-corrected chi connectivity index (χ2v) is 6.91. The van der Waals surface area contributed by atoms with Crippen molar-refractivity contribution < 1.29 is 24.2 Å². The molecule has 1 aromatic carbocycles. The van der Waals surface area contributed by atoms with E-state index in [9.17, 15) is 9.59 Å². The highest BCUT2D eigenvalue weighted by molar-refractivity contribution is 5.92. The summed E-state index contributed by atoms with van der Waals surface area (Å²) in [4.78, 5) is 25.4. The average molecular weight is 359 g/mol. The fourth-order valence-electron chi connectivity index (χ4n) is 4.09. The van der Waals surface area contributed by atoms with Crippen molar-refractivity contribution in [1.82, 2.24) is 4.90 Å². The van der Waals surface area contributed by atoms with Crippen molar-refractivity contribution in [3.05, 3.63) is 42.0 Å². The molecule has 1 aliphatic heterocycles. The van der Waals surface area contributed by atoms with Crippen molar-refractivity contribution in [3.63, 3.8) is 0 Å². The van der Waals surface area contributed by atoms with Crippen LogP contribution < -0.4 is 0 Å². The van der Waals surface area contributed by atoms with Gasteiger partial charge in [0, 0.05) is 19.7 Å². The molecule has 1 amide bonds. The predicted molar refractivity (Wildman–Crippen MR) is 96.6 cm³/mol. The summed E-state index contributed by atoms with van der Waals surface area (Å²) in [5.74, 6) is -1.02. The number of methoxy groups -OCH3 is 1. The first-order chi connectivity index (χ1) is 12.5. The molecule has 1 aromatic rings. The number of amides is 1. The Hall–Kier alpha value is -2.18. The van der Waals surface area contributed by atoms with Crippen LogP contribution in [0.5, 0.6) is 0 Å². The van der Waals surface area contributed by atoms with Gasteiger partial charge < -0.3 is 19.5 Å². The summed E-state index contributed by atoms with van der Waals surface area (Å²) in [6.07, 6.45) is 6.17. The summed E-state index contributed by atoms with van der Waals surface area (Å²) in [6.45, 7) is 0.335. The molecular weight excluding hydrogens is 334 g/mol. The second kappa shape index (κ2) is 8.01. The van der Waals surface area contributed by atoms with Crippen molar-refractivity contribution in [2.75, 3.05) is 20.3 Å². The maximum absolute atomic E-state index is 12.8. The van der Waals surface area contributed by atoms with Crippen LogP contribution in [0.2, 0.25) is 0 Å². The van der Waals surface area contributed by atoms with Gasteiger partial charge in [-0.3, -0.25) is 4.79 Å². The van der Waals surface area contributed by atoms with Gasteiger partial charge in [-0.1, -0.05) is 30.3 Å². The first-order valence-corrected chi connectivity index (χ1v) is 8.96. The Kier molecular flexibility index (Phi) is 5.74. The van der Waals surface area contributed by atoms with E-state index in [0.717, 1.165) is 24.8 Å². The molecule has 2 aliphatic rings. The number of benzene rings is 1. The number of carbonyl (C=O) groups excluding carboxylic acids is 1. The molecule has 1 N–H and O–H groups in total. The first kappa shape index (κ1) is 18.6. The van der Waals surface area contributed by atoms with E-state index in [4.69, 9.17) is 14.6 Å². The third-order valence-corrected chi connectivity index (χ3v) is 5.49. The summed E-state index contributed by atoms with van der Waals surface area (Å²) in [6, 6.07) is 9.61. The fraction of sp³-hybridized carbons (Fsp3) is 0.500. The number of likely N-dealkylation sites (tertiary alicyclic amines) is 1. The van der Waals surface area contributed by atoms with Crippen LogP contribution in [0, 0.1) is 0 Å². The van der Waals surface area contributed by atoms with E-state index in [1.807, 2.05) is 41.3 Å². The number of ether oxygens (including phenoxy) is 2. The molecule has 3 rings (SSSR count). The summed E-state index contributed by atoms with van der Waals surface area (Å²) in [5.41, 5.74) is 0.628. The number of hydrogen-bond acceptors (Lipinski definition) is 4. The Bertz CT molecular complexity index is 674. The van der Waals surface area contributed by atoms with Gasteiger partial charge in [0.05, 0.1) is 17.7 Å². The van der Waals surface area contributed by atoms with Crippen molar-refractivity contribution >= 4 is 18.0 Å². The number of hydrogen-bond donors (Lipinski definition) is 1. The highest BCUT2D eigenvalue weighted by Gasteiger charge is 2.52. The van der Waals surface area contributed by atoms with E-state index in [1.165, 1.54) is 0 Å². The number of carboxylic acid groups (broad SMARTS) is 1. The quantitative estimate of drug-likeness (QED) is 0.789. The maximum Gasteiger partial charge on any atom is 0.329 e. The Labute approximate surface area is 153 Å². The normalized spacial score (nSPS) is 28.3. The molecule has 1 aliphatic carbocycles. The van der Waals surface area contributed by atoms with E-state index < -0.39 is 5.97 Å². The van der Waals surface area contributed by atoms with Gasteiger partial charge in [-0.25, -0.2) is 4.79 Å². The number of nitrogens with zero attached hydrogens (tertiary/aromatic N) is 1. The first-order valence-electron chi connectivity index (χ1n) is 8.96. The smallest absolute Gasteiger partial charge is 0.329 e. The van der Waals surface area contributed by atoms with Gasteiger partial charge in [0.15, 0.2) is 0 Å². The van der Waals surface area contributed by atoms with E-state index in [0.29, 0.717) is 13.0 Å². The van der Waals surface area contributed by atoms with Gasteiger partial charge in [0.2, 0.25) is 5.91 Å². The molecule has 3 atom stereocenters. The van der Waals surface area contributed by atoms with Crippen LogP contribution in [0.3, 0.4) is 0 Å². The number of aliphatic carboxylic acids is 1. The van der Waals surface area contributed by atoms with E-state index >= 15 is 0 Å². The number of rotatable bonds is 6. The van der Waals surface area contributed by atoms with Crippen molar-refractivity contribution in [3.8, 4) is 0 Å². The molecule has 2 fully saturated rings. The SMILES string of the molecule is CO[C@@]12CC[C@H](OCC(=O)O)C[C@@H]1N(C(=O)C=Cc1ccccc1)CC2. The van der Waals surface area contributed by atoms with Gasteiger partial charge in [-0.2, -0.15) is 0 Å². The molecule has 0 radical (unpaired) electrons. The molecule has 0 spiro atoms. The topological polar surface area (TPSA) is 76.1 Å². The minimum absolute atomic E-state index is 0.0448. The van der Waals surface area contributed by atoms with Gasteiger partial charge in [-0.05, 0) is 37.3 Å². The van der Waals surface area contributed by atoms with Crippen LogP contribution in [0.25, 0.3) is 6.08 Å². The van der Waals surface area contributed by atoms with E-state index in [2.05, 4.69) is 0 Å². The van der Waals surface area contributed by atoms with E-state index in [1.54, 1.807) is 13.2 Å². The summed E-state index contributed by atoms with van der Waals surface area (Å²) in [5, 5.41) is 8.82. The fourth-order valence-corrected chi connectivity index (χ4v) is 4.09. The standard InChI is InChI=1S/C20H25NO5/c1-25-20-10-9-16(26-14-19(23)24)13-17(20)21(12-11-20)18(22)8-7-15-5-3-2-4-6-15/h2-8,16-17H,9-14H2,1H3,(H,23,24)/t16-,17-,20+/m0/s1. The van der Waals surface area contributed by atoms with Crippen LogP contribution in [0.15, 0.2) is 36.4 Å². The molecule has 1 saturated heterocycles. The highest BCUT2D eigenvalue weighted by atomic mass is 16.5. The third kappa shape index (κ3) is 3.97. The van der Waals surface area contributed by atoms with Crippen LogP contribution in [0.4, 0.5) is 0 Å². The molecule has 1 heterocycles. The molecule has 6 heteroatoms. The third-order valence-electron chi connectivity index (χ3n) is 5.49. The Balaban J connectivity index is 1.70. The molecule has 0 aromatic heterocycles. The molecule has 26 heavy (non-hydrogen) atoms. The molecule has 140 valence electrons. The Morgan fingerprint density at radius 2 is 2.08 bits per heavy atom. The van der Waals surface area contributed by atoms with Gasteiger partial charge in [0.1, 0.15) is 6.61 Å². The molecule has 6 nitrogen and oxygen atoms in total. The highest BCUT2D eigenvalue weighted by Crippen LogP contribution is 2.43. The number of fused-ring (bicyclic) bond motifs is 1. The second-order valence-electron chi connectivity index (χ2n) is 6.91. The van der Waals surface area contributed by atoms with Gasteiger partial charge in [0.25, 0.3) is 0 Å². The largest absolute Gasteiger partial charge is 0.480 e. The van der Waals surface area contributed by atoms with Crippen molar-refractivity contribution in [2.24, 2.45) is 0 Å². The van der Waals surface area contributed by atoms with Gasteiger partial charge in [-0.15, -0.1) is 0 Å². The lowest BCUT2D eigenvalue weighted by molar-refractivity contribution is -0.150. The molecule has 1 saturated carbocycles. The Morgan fingerprint density at radius 1 is 1.31 bits per heavy atom. The summed E-state index contributed by atoms with van der Waals surface area (Å²) < 4.78 is 11.3. The predicted octanol–water partition coefficient (Wildman–Crippen LogP) is 2.34. The summed E-state index contributed by atoms with van der Waals surface area (Å²) in [7, 11) is 1.69. The average Bonchev–Trinajstić information content (AvgIpc) is 3.04. The molecule has 0 unspecified atom stereocenters. The van der Waals surface area contributed by atoms with Gasteiger partial charge >= 0.3 is 5.97 Å². The minimum Gasteiger partial charge on any atom is -0.480 e. The molecule has 0 bridgehead atoms. The maximum atomic E-state index is 12.8. The van der Waals surface area contributed by atoms with Crippen LogP contribution >= 0.6 is 0 Å².